The summed E-state index contributed by atoms with van der Waals surface area (Å²) >= 11 is 5.72. The van der Waals surface area contributed by atoms with Gasteiger partial charge in [0.15, 0.2) is 0 Å². The maximum Gasteiger partial charge on any atom is 0.410 e. The van der Waals surface area contributed by atoms with Crippen LogP contribution in [0.25, 0.3) is 0 Å². The first-order chi connectivity index (χ1) is 12.5. The SMILES string of the molecule is O=C(Nc1ccc(F)c(Cl)c1)C1CCCN1C(=O)OCc1ccccc1. The molecule has 1 aliphatic rings. The summed E-state index contributed by atoms with van der Waals surface area (Å²) in [7, 11) is 0. The van der Waals surface area contributed by atoms with Crippen LogP contribution in [-0.2, 0) is 16.1 Å². The van der Waals surface area contributed by atoms with Gasteiger partial charge in [-0.3, -0.25) is 9.69 Å². The minimum atomic E-state index is -0.623. The molecule has 1 unspecified atom stereocenters. The number of hydrogen-bond acceptors (Lipinski definition) is 3. The summed E-state index contributed by atoms with van der Waals surface area (Å²) in [5, 5.41) is 2.60. The molecule has 0 aromatic heterocycles. The molecule has 1 fully saturated rings. The molecule has 7 heteroatoms. The molecule has 3 rings (SSSR count). The lowest BCUT2D eigenvalue weighted by atomic mass is 10.2. The number of likely N-dealkylation sites (tertiary alicyclic amines) is 1. The number of carbonyl (C=O) groups is 2. The molecule has 0 saturated carbocycles. The first kappa shape index (κ1) is 18.2. The summed E-state index contributed by atoms with van der Waals surface area (Å²) in [6.07, 6.45) is 0.729. The maximum atomic E-state index is 13.2. The molecule has 1 N–H and O–H groups in total. The molecule has 0 spiro atoms. The second-order valence-corrected chi connectivity index (χ2v) is 6.42. The average Bonchev–Trinajstić information content (AvgIpc) is 3.14. The lowest BCUT2D eigenvalue weighted by molar-refractivity contribution is -0.120. The van der Waals surface area contributed by atoms with Crippen LogP contribution in [-0.4, -0.2) is 29.5 Å². The second kappa shape index (κ2) is 8.19. The van der Waals surface area contributed by atoms with Crippen LogP contribution in [0.1, 0.15) is 18.4 Å². The standard InChI is InChI=1S/C19H18ClFN2O3/c20-15-11-14(8-9-16(15)21)22-18(24)17-7-4-10-23(17)19(25)26-12-13-5-2-1-3-6-13/h1-3,5-6,8-9,11,17H,4,7,10,12H2,(H,22,24). The summed E-state index contributed by atoms with van der Waals surface area (Å²) in [5.74, 6) is -0.904. The lowest BCUT2D eigenvalue weighted by Crippen LogP contribution is -2.43. The number of nitrogens with zero attached hydrogens (tertiary/aromatic N) is 1. The summed E-state index contributed by atoms with van der Waals surface area (Å²) in [5.41, 5.74) is 1.26. The van der Waals surface area contributed by atoms with Crippen molar-refractivity contribution in [3.05, 3.63) is 64.9 Å². The second-order valence-electron chi connectivity index (χ2n) is 6.01. The Morgan fingerprint density at radius 2 is 2.00 bits per heavy atom. The molecule has 0 radical (unpaired) electrons. The van der Waals surface area contributed by atoms with E-state index < -0.39 is 18.0 Å². The molecular formula is C19H18ClFN2O3. The van der Waals surface area contributed by atoms with Crippen molar-refractivity contribution in [2.45, 2.75) is 25.5 Å². The van der Waals surface area contributed by atoms with E-state index in [1.807, 2.05) is 30.3 Å². The zero-order chi connectivity index (χ0) is 18.5. The van der Waals surface area contributed by atoms with Gasteiger partial charge >= 0.3 is 6.09 Å². The van der Waals surface area contributed by atoms with E-state index in [9.17, 15) is 14.0 Å². The van der Waals surface area contributed by atoms with Gasteiger partial charge in [-0.1, -0.05) is 41.9 Å². The van der Waals surface area contributed by atoms with E-state index in [1.54, 1.807) is 0 Å². The van der Waals surface area contributed by atoms with Crippen LogP contribution in [0.5, 0.6) is 0 Å². The van der Waals surface area contributed by atoms with E-state index in [0.29, 0.717) is 25.1 Å². The van der Waals surface area contributed by atoms with Gasteiger partial charge in [0.25, 0.3) is 0 Å². The number of benzene rings is 2. The normalized spacial score (nSPS) is 16.4. The molecule has 1 saturated heterocycles. The average molecular weight is 377 g/mol. The molecule has 26 heavy (non-hydrogen) atoms. The van der Waals surface area contributed by atoms with Gasteiger partial charge < -0.3 is 10.1 Å². The number of anilines is 1. The van der Waals surface area contributed by atoms with Gasteiger partial charge in [0.05, 0.1) is 5.02 Å². The molecule has 1 atom stereocenters. The number of nitrogens with one attached hydrogen (secondary N) is 1. The molecule has 136 valence electrons. The third-order valence-corrected chi connectivity index (χ3v) is 4.47. The molecule has 2 aromatic carbocycles. The van der Waals surface area contributed by atoms with E-state index in [2.05, 4.69) is 5.32 Å². The number of rotatable bonds is 4. The highest BCUT2D eigenvalue weighted by Gasteiger charge is 2.35. The van der Waals surface area contributed by atoms with Crippen molar-refractivity contribution in [3.63, 3.8) is 0 Å². The topological polar surface area (TPSA) is 58.6 Å². The van der Waals surface area contributed by atoms with Crippen LogP contribution in [0.3, 0.4) is 0 Å². The molecular weight excluding hydrogens is 359 g/mol. The fourth-order valence-electron chi connectivity index (χ4n) is 2.86. The van der Waals surface area contributed by atoms with Crippen LogP contribution < -0.4 is 5.32 Å². The first-order valence-electron chi connectivity index (χ1n) is 8.28. The van der Waals surface area contributed by atoms with Crippen LogP contribution >= 0.6 is 11.6 Å². The van der Waals surface area contributed by atoms with Gasteiger partial charge in [-0.25, -0.2) is 9.18 Å². The molecule has 5 nitrogen and oxygen atoms in total. The molecule has 1 heterocycles. The minimum Gasteiger partial charge on any atom is -0.445 e. The predicted octanol–water partition coefficient (Wildman–Crippen LogP) is 4.22. The van der Waals surface area contributed by atoms with Crippen molar-refractivity contribution in [2.75, 3.05) is 11.9 Å². The van der Waals surface area contributed by atoms with Crippen molar-refractivity contribution < 1.29 is 18.7 Å². The zero-order valence-corrected chi connectivity index (χ0v) is 14.7. The van der Waals surface area contributed by atoms with Crippen molar-refractivity contribution in [1.29, 1.82) is 0 Å². The predicted molar refractivity (Wildman–Crippen MR) is 96.4 cm³/mol. The first-order valence-corrected chi connectivity index (χ1v) is 8.65. The van der Waals surface area contributed by atoms with E-state index >= 15 is 0 Å². The number of hydrogen-bond donors (Lipinski definition) is 1. The van der Waals surface area contributed by atoms with Crippen molar-refractivity contribution in [2.24, 2.45) is 0 Å². The van der Waals surface area contributed by atoms with Crippen LogP contribution in [0.4, 0.5) is 14.9 Å². The fraction of sp³-hybridized carbons (Fsp3) is 0.263. The third-order valence-electron chi connectivity index (χ3n) is 4.18. The van der Waals surface area contributed by atoms with Crippen LogP contribution in [0, 0.1) is 5.82 Å². The summed E-state index contributed by atoms with van der Waals surface area (Å²) in [4.78, 5) is 26.3. The summed E-state index contributed by atoms with van der Waals surface area (Å²) in [6, 6.07) is 12.6. The third kappa shape index (κ3) is 4.32. The Hall–Kier alpha value is -2.60. The highest BCUT2D eigenvalue weighted by atomic mass is 35.5. The minimum absolute atomic E-state index is 0.0756. The largest absolute Gasteiger partial charge is 0.445 e. The molecule has 2 aromatic rings. The monoisotopic (exact) mass is 376 g/mol. The molecule has 0 bridgehead atoms. The number of carbonyl (C=O) groups excluding carboxylic acids is 2. The van der Waals surface area contributed by atoms with Gasteiger partial charge in [-0.05, 0) is 36.6 Å². The van der Waals surface area contributed by atoms with E-state index in [1.165, 1.54) is 23.1 Å². The Morgan fingerprint density at radius 1 is 1.23 bits per heavy atom. The van der Waals surface area contributed by atoms with Gasteiger partial charge in [0, 0.05) is 12.2 Å². The number of halogens is 2. The Labute approximate surface area is 155 Å². The zero-order valence-electron chi connectivity index (χ0n) is 14.0. The number of amides is 2. The van der Waals surface area contributed by atoms with E-state index in [4.69, 9.17) is 16.3 Å². The molecule has 1 aliphatic heterocycles. The van der Waals surface area contributed by atoms with Crippen LogP contribution in [0.2, 0.25) is 5.02 Å². The Bertz CT molecular complexity index is 801. The highest BCUT2D eigenvalue weighted by Crippen LogP contribution is 2.23. The summed E-state index contributed by atoms with van der Waals surface area (Å²) < 4.78 is 18.5. The Morgan fingerprint density at radius 3 is 2.73 bits per heavy atom. The smallest absolute Gasteiger partial charge is 0.410 e. The van der Waals surface area contributed by atoms with Gasteiger partial charge in [0.2, 0.25) is 5.91 Å². The molecule has 2 amide bonds. The van der Waals surface area contributed by atoms with Crippen molar-refractivity contribution in [1.82, 2.24) is 4.90 Å². The van der Waals surface area contributed by atoms with Crippen molar-refractivity contribution in [3.8, 4) is 0 Å². The van der Waals surface area contributed by atoms with Crippen LogP contribution in [0.15, 0.2) is 48.5 Å². The highest BCUT2D eigenvalue weighted by molar-refractivity contribution is 6.31. The summed E-state index contributed by atoms with van der Waals surface area (Å²) in [6.45, 7) is 0.605. The van der Waals surface area contributed by atoms with Gasteiger partial charge in [-0.15, -0.1) is 0 Å². The van der Waals surface area contributed by atoms with Crippen molar-refractivity contribution >= 4 is 29.3 Å². The van der Waals surface area contributed by atoms with E-state index in [0.717, 1.165) is 5.56 Å². The molecule has 0 aliphatic carbocycles. The number of ether oxygens (including phenoxy) is 1. The Kier molecular flexibility index (Phi) is 5.73. The maximum absolute atomic E-state index is 13.2. The fourth-order valence-corrected chi connectivity index (χ4v) is 3.04. The van der Waals surface area contributed by atoms with Gasteiger partial charge in [0.1, 0.15) is 18.5 Å². The quantitative estimate of drug-likeness (QED) is 0.869. The Balaban J connectivity index is 1.60. The van der Waals surface area contributed by atoms with Gasteiger partial charge in [-0.2, -0.15) is 0 Å². The lowest BCUT2D eigenvalue weighted by Gasteiger charge is -2.23. The van der Waals surface area contributed by atoms with E-state index in [-0.39, 0.29) is 17.5 Å².